The SMILES string of the molecule is Cc1c(-c2ccc(C(F)(F)F)cc2)c(-c2ccc(S(N)(=O)=O)cc2)c2n1CCC2. The van der Waals surface area contributed by atoms with Crippen LogP contribution in [-0.4, -0.2) is 13.0 Å². The Morgan fingerprint density at radius 2 is 1.48 bits per heavy atom. The molecule has 0 saturated carbocycles. The molecule has 4 rings (SSSR count). The molecule has 3 aromatic rings. The third-order valence-corrected chi connectivity index (χ3v) is 6.33. The van der Waals surface area contributed by atoms with E-state index in [4.69, 9.17) is 5.14 Å². The van der Waals surface area contributed by atoms with E-state index in [0.29, 0.717) is 5.56 Å². The van der Waals surface area contributed by atoms with Crippen molar-refractivity contribution < 1.29 is 21.6 Å². The molecule has 29 heavy (non-hydrogen) atoms. The number of sulfonamides is 1. The third kappa shape index (κ3) is 3.47. The quantitative estimate of drug-likeness (QED) is 0.665. The van der Waals surface area contributed by atoms with E-state index in [9.17, 15) is 21.6 Å². The summed E-state index contributed by atoms with van der Waals surface area (Å²) in [7, 11) is -3.80. The van der Waals surface area contributed by atoms with Crippen molar-refractivity contribution in [1.29, 1.82) is 0 Å². The summed E-state index contributed by atoms with van der Waals surface area (Å²) in [5.41, 5.74) is 4.72. The van der Waals surface area contributed by atoms with Crippen LogP contribution in [0.15, 0.2) is 53.4 Å². The zero-order valence-corrected chi connectivity index (χ0v) is 16.4. The summed E-state index contributed by atoms with van der Waals surface area (Å²) in [6, 6.07) is 11.5. The van der Waals surface area contributed by atoms with Gasteiger partial charge in [-0.25, -0.2) is 13.6 Å². The molecular weight excluding hydrogens is 401 g/mol. The molecule has 0 amide bonds. The molecule has 2 heterocycles. The number of rotatable bonds is 3. The zero-order chi connectivity index (χ0) is 21.0. The van der Waals surface area contributed by atoms with Crippen LogP contribution in [0.1, 0.15) is 23.4 Å². The van der Waals surface area contributed by atoms with E-state index in [0.717, 1.165) is 59.6 Å². The van der Waals surface area contributed by atoms with Crippen molar-refractivity contribution in [2.24, 2.45) is 5.14 Å². The van der Waals surface area contributed by atoms with Crippen molar-refractivity contribution in [1.82, 2.24) is 4.57 Å². The molecule has 0 spiro atoms. The molecule has 0 bridgehead atoms. The monoisotopic (exact) mass is 420 g/mol. The van der Waals surface area contributed by atoms with Crippen LogP contribution in [0.4, 0.5) is 13.2 Å². The van der Waals surface area contributed by atoms with Crippen molar-refractivity contribution in [3.63, 3.8) is 0 Å². The molecule has 0 atom stereocenters. The minimum atomic E-state index is -4.39. The molecule has 1 aliphatic rings. The molecule has 2 N–H and O–H groups in total. The van der Waals surface area contributed by atoms with Gasteiger partial charge in [0.1, 0.15) is 0 Å². The van der Waals surface area contributed by atoms with Crippen LogP contribution in [0.25, 0.3) is 22.3 Å². The molecule has 0 aliphatic carbocycles. The highest BCUT2D eigenvalue weighted by atomic mass is 32.2. The van der Waals surface area contributed by atoms with Crippen LogP contribution in [0, 0.1) is 6.92 Å². The Kier molecular flexibility index (Phi) is 4.59. The lowest BCUT2D eigenvalue weighted by molar-refractivity contribution is -0.137. The van der Waals surface area contributed by atoms with Crippen molar-refractivity contribution in [2.75, 3.05) is 0 Å². The lowest BCUT2D eigenvalue weighted by Gasteiger charge is -2.11. The van der Waals surface area contributed by atoms with Gasteiger partial charge in [-0.3, -0.25) is 0 Å². The van der Waals surface area contributed by atoms with Crippen LogP contribution < -0.4 is 5.14 Å². The van der Waals surface area contributed by atoms with Gasteiger partial charge in [-0.1, -0.05) is 24.3 Å². The van der Waals surface area contributed by atoms with Gasteiger partial charge in [0.05, 0.1) is 10.5 Å². The van der Waals surface area contributed by atoms with Crippen LogP contribution in [0.2, 0.25) is 0 Å². The van der Waals surface area contributed by atoms with E-state index < -0.39 is 21.8 Å². The van der Waals surface area contributed by atoms with E-state index in [1.54, 1.807) is 12.1 Å². The maximum absolute atomic E-state index is 12.9. The number of fused-ring (bicyclic) bond motifs is 1. The Balaban J connectivity index is 1.88. The summed E-state index contributed by atoms with van der Waals surface area (Å²) in [4.78, 5) is 0.0184. The standard InChI is InChI=1S/C21H19F3N2O2S/c1-13-19(14-4-8-16(9-5-14)21(22,23)24)20(18-3-2-12-26(13)18)15-6-10-17(11-7-15)29(25,27)28/h4-11H,2-3,12H2,1H3,(H2,25,27,28). The number of hydrogen-bond acceptors (Lipinski definition) is 2. The van der Waals surface area contributed by atoms with Gasteiger partial charge in [-0.05, 0) is 55.2 Å². The van der Waals surface area contributed by atoms with Gasteiger partial charge in [0.2, 0.25) is 10.0 Å². The van der Waals surface area contributed by atoms with Crippen LogP contribution in [-0.2, 0) is 29.2 Å². The minimum absolute atomic E-state index is 0.0184. The molecule has 1 aromatic heterocycles. The average molecular weight is 420 g/mol. The molecule has 0 fully saturated rings. The van der Waals surface area contributed by atoms with Crippen LogP contribution in [0.5, 0.6) is 0 Å². The van der Waals surface area contributed by atoms with E-state index in [1.165, 1.54) is 24.3 Å². The van der Waals surface area contributed by atoms with Crippen molar-refractivity contribution in [3.8, 4) is 22.3 Å². The summed E-state index contributed by atoms with van der Waals surface area (Å²) in [6.45, 7) is 2.81. The zero-order valence-electron chi connectivity index (χ0n) is 15.6. The summed E-state index contributed by atoms with van der Waals surface area (Å²) < 4.78 is 64.1. The van der Waals surface area contributed by atoms with Gasteiger partial charge in [-0.15, -0.1) is 0 Å². The third-order valence-electron chi connectivity index (χ3n) is 5.40. The number of hydrogen-bond donors (Lipinski definition) is 1. The minimum Gasteiger partial charge on any atom is -0.348 e. The number of alkyl halides is 3. The Hall–Kier alpha value is -2.58. The highest BCUT2D eigenvalue weighted by Crippen LogP contribution is 2.43. The number of nitrogens with two attached hydrogens (primary N) is 1. The van der Waals surface area contributed by atoms with Gasteiger partial charge < -0.3 is 4.57 Å². The molecule has 4 nitrogen and oxygen atoms in total. The second-order valence-electron chi connectivity index (χ2n) is 7.18. The van der Waals surface area contributed by atoms with Crippen LogP contribution in [0.3, 0.4) is 0 Å². The molecular formula is C21H19F3N2O2S. The van der Waals surface area contributed by atoms with Crippen molar-refractivity contribution >= 4 is 10.0 Å². The summed E-state index contributed by atoms with van der Waals surface area (Å²) >= 11 is 0. The Morgan fingerprint density at radius 1 is 0.931 bits per heavy atom. The predicted octanol–water partition coefficient (Wildman–Crippen LogP) is 4.74. The first-order chi connectivity index (χ1) is 13.6. The molecule has 0 radical (unpaired) electrons. The van der Waals surface area contributed by atoms with Gasteiger partial charge in [0, 0.05) is 29.1 Å². The van der Waals surface area contributed by atoms with E-state index in [-0.39, 0.29) is 4.90 Å². The smallest absolute Gasteiger partial charge is 0.348 e. The number of benzene rings is 2. The molecule has 0 unspecified atom stereocenters. The van der Waals surface area contributed by atoms with Gasteiger partial charge >= 0.3 is 6.18 Å². The highest BCUT2D eigenvalue weighted by Gasteiger charge is 2.31. The molecule has 1 aliphatic heterocycles. The lowest BCUT2D eigenvalue weighted by Crippen LogP contribution is -2.11. The summed E-state index contributed by atoms with van der Waals surface area (Å²) in [6.07, 6.45) is -2.54. The summed E-state index contributed by atoms with van der Waals surface area (Å²) in [5, 5.41) is 5.19. The van der Waals surface area contributed by atoms with Gasteiger partial charge in [0.25, 0.3) is 0 Å². The molecule has 0 saturated heterocycles. The second-order valence-corrected chi connectivity index (χ2v) is 8.74. The normalized spacial score (nSPS) is 14.2. The predicted molar refractivity (Wildman–Crippen MR) is 105 cm³/mol. The van der Waals surface area contributed by atoms with Crippen LogP contribution >= 0.6 is 0 Å². The number of halogens is 3. The Bertz CT molecular complexity index is 1180. The fourth-order valence-electron chi connectivity index (χ4n) is 4.07. The van der Waals surface area contributed by atoms with Gasteiger partial charge in [0.15, 0.2) is 0 Å². The van der Waals surface area contributed by atoms with Crippen molar-refractivity contribution in [3.05, 3.63) is 65.5 Å². The Morgan fingerprint density at radius 3 is 2.03 bits per heavy atom. The molecule has 8 heteroatoms. The fourth-order valence-corrected chi connectivity index (χ4v) is 4.58. The Labute approximate surface area is 166 Å². The summed E-state index contributed by atoms with van der Waals surface area (Å²) in [5.74, 6) is 0. The number of primary sulfonamides is 1. The first kappa shape index (κ1) is 19.7. The molecule has 2 aromatic carbocycles. The van der Waals surface area contributed by atoms with Gasteiger partial charge in [-0.2, -0.15) is 13.2 Å². The molecule has 152 valence electrons. The van der Waals surface area contributed by atoms with E-state index in [1.807, 2.05) is 6.92 Å². The second kappa shape index (κ2) is 6.74. The highest BCUT2D eigenvalue weighted by molar-refractivity contribution is 7.89. The first-order valence-corrected chi connectivity index (χ1v) is 10.6. The number of nitrogens with zero attached hydrogens (tertiary/aromatic N) is 1. The van der Waals surface area contributed by atoms with E-state index in [2.05, 4.69) is 4.57 Å². The first-order valence-electron chi connectivity index (χ1n) is 9.10. The maximum Gasteiger partial charge on any atom is 0.416 e. The topological polar surface area (TPSA) is 65.1 Å². The largest absolute Gasteiger partial charge is 0.416 e. The lowest BCUT2D eigenvalue weighted by atomic mass is 9.93. The average Bonchev–Trinajstić information content (AvgIpc) is 3.23. The van der Waals surface area contributed by atoms with E-state index >= 15 is 0 Å². The number of aromatic nitrogens is 1. The van der Waals surface area contributed by atoms with Crippen molar-refractivity contribution in [2.45, 2.75) is 37.4 Å². The fraction of sp³-hybridized carbons (Fsp3) is 0.238. The maximum atomic E-state index is 12.9.